The topological polar surface area (TPSA) is 69.6 Å². The summed E-state index contributed by atoms with van der Waals surface area (Å²) in [4.78, 5) is 26.5. The molecule has 2 amide bonds. The van der Waals surface area contributed by atoms with E-state index in [2.05, 4.69) is 5.32 Å². The minimum Gasteiger partial charge on any atom is -0.393 e. The van der Waals surface area contributed by atoms with Gasteiger partial charge in [-0.3, -0.25) is 9.59 Å². The van der Waals surface area contributed by atoms with Crippen molar-refractivity contribution in [3.8, 4) is 0 Å². The number of hydrogen-bond donors (Lipinski definition) is 2. The van der Waals surface area contributed by atoms with Crippen LogP contribution in [0.1, 0.15) is 37.8 Å². The lowest BCUT2D eigenvalue weighted by atomic mass is 10.0. The summed E-state index contributed by atoms with van der Waals surface area (Å²) in [7, 11) is 0. The van der Waals surface area contributed by atoms with Gasteiger partial charge in [0.1, 0.15) is 5.92 Å². The Bertz CT molecular complexity index is 613. The first-order chi connectivity index (χ1) is 11.3. The van der Waals surface area contributed by atoms with E-state index in [1.165, 1.54) is 5.56 Å². The molecule has 2 N–H and O–H groups in total. The highest BCUT2D eigenvalue weighted by Gasteiger charge is 2.37. The maximum absolute atomic E-state index is 12.6. The number of aliphatic hydroxyl groups is 1. The molecule has 5 heteroatoms. The van der Waals surface area contributed by atoms with Crippen LogP contribution in [0.2, 0.25) is 0 Å². The van der Waals surface area contributed by atoms with E-state index >= 15 is 0 Å². The Kier molecular flexibility index (Phi) is 5.99. The molecule has 2 rings (SSSR count). The molecule has 1 heterocycles. The molecule has 0 aliphatic carbocycles. The van der Waals surface area contributed by atoms with Crippen molar-refractivity contribution in [3.63, 3.8) is 0 Å². The summed E-state index contributed by atoms with van der Waals surface area (Å²) in [5, 5.41) is 12.6. The van der Waals surface area contributed by atoms with Crippen LogP contribution in [0.5, 0.6) is 0 Å². The molecule has 132 valence electrons. The first-order valence-electron chi connectivity index (χ1n) is 8.65. The van der Waals surface area contributed by atoms with Crippen molar-refractivity contribution >= 4 is 17.5 Å². The lowest BCUT2D eigenvalue weighted by molar-refractivity contribution is -0.132. The van der Waals surface area contributed by atoms with Crippen molar-refractivity contribution in [1.29, 1.82) is 0 Å². The molecular formula is C19H28N2O3. The normalized spacial score (nSPS) is 19.0. The van der Waals surface area contributed by atoms with Crippen LogP contribution in [0.3, 0.4) is 0 Å². The average Bonchev–Trinajstić information content (AvgIpc) is 2.91. The highest BCUT2D eigenvalue weighted by atomic mass is 16.3. The SMILES string of the molecule is Cc1ccc(N2CCC(C(=O)NCCC(O)C(C)C)C2=O)cc1C. The number of carbonyl (C=O) groups excluding carboxylic acids is 2. The number of aryl methyl sites for hydroxylation is 2. The standard InChI is InChI=1S/C19H28N2O3/c1-12(2)17(22)7-9-20-18(23)16-8-10-21(19(16)24)15-6-5-13(3)14(4)11-15/h5-6,11-12,16-17,22H,7-10H2,1-4H3,(H,20,23). The predicted molar refractivity (Wildman–Crippen MR) is 94.8 cm³/mol. The van der Waals surface area contributed by atoms with E-state index < -0.39 is 12.0 Å². The number of amides is 2. The molecule has 1 aromatic carbocycles. The monoisotopic (exact) mass is 332 g/mol. The third kappa shape index (κ3) is 4.15. The number of rotatable bonds is 6. The van der Waals surface area contributed by atoms with Crippen LogP contribution in [0.4, 0.5) is 5.69 Å². The second kappa shape index (κ2) is 7.79. The van der Waals surface area contributed by atoms with Crippen LogP contribution in [-0.4, -0.2) is 36.1 Å². The van der Waals surface area contributed by atoms with Gasteiger partial charge in [0.15, 0.2) is 0 Å². The smallest absolute Gasteiger partial charge is 0.239 e. The fraction of sp³-hybridized carbons (Fsp3) is 0.579. The zero-order chi connectivity index (χ0) is 17.9. The summed E-state index contributed by atoms with van der Waals surface area (Å²) in [6.45, 7) is 8.89. The summed E-state index contributed by atoms with van der Waals surface area (Å²) in [6, 6.07) is 5.92. The molecule has 0 radical (unpaired) electrons. The summed E-state index contributed by atoms with van der Waals surface area (Å²) in [5.41, 5.74) is 3.17. The largest absolute Gasteiger partial charge is 0.393 e. The predicted octanol–water partition coefficient (Wildman–Crippen LogP) is 2.18. The van der Waals surface area contributed by atoms with Gasteiger partial charge in [-0.1, -0.05) is 19.9 Å². The molecule has 2 atom stereocenters. The number of aliphatic hydroxyl groups excluding tert-OH is 1. The molecule has 0 saturated carbocycles. The van der Waals surface area contributed by atoms with Gasteiger partial charge in [-0.2, -0.15) is 0 Å². The van der Waals surface area contributed by atoms with E-state index in [0.717, 1.165) is 11.3 Å². The molecular weight excluding hydrogens is 304 g/mol. The molecule has 1 fully saturated rings. The lowest BCUT2D eigenvalue weighted by Gasteiger charge is -2.18. The molecule has 24 heavy (non-hydrogen) atoms. The summed E-state index contributed by atoms with van der Waals surface area (Å²) in [6.07, 6.45) is 0.604. The number of benzene rings is 1. The Morgan fingerprint density at radius 3 is 2.67 bits per heavy atom. The highest BCUT2D eigenvalue weighted by molar-refractivity contribution is 6.09. The summed E-state index contributed by atoms with van der Waals surface area (Å²) >= 11 is 0. The van der Waals surface area contributed by atoms with E-state index in [9.17, 15) is 14.7 Å². The Hall–Kier alpha value is -1.88. The van der Waals surface area contributed by atoms with E-state index in [4.69, 9.17) is 0 Å². The van der Waals surface area contributed by atoms with Gasteiger partial charge in [-0.05, 0) is 55.9 Å². The van der Waals surface area contributed by atoms with E-state index in [0.29, 0.717) is 25.9 Å². The zero-order valence-corrected chi connectivity index (χ0v) is 15.0. The van der Waals surface area contributed by atoms with Crippen molar-refractivity contribution in [2.45, 2.75) is 46.6 Å². The molecule has 1 aliphatic rings. The van der Waals surface area contributed by atoms with E-state index in [1.54, 1.807) is 4.90 Å². The minimum atomic E-state index is -0.622. The Morgan fingerprint density at radius 2 is 2.04 bits per heavy atom. The molecule has 5 nitrogen and oxygen atoms in total. The van der Waals surface area contributed by atoms with E-state index in [-0.39, 0.29) is 17.7 Å². The van der Waals surface area contributed by atoms with Gasteiger partial charge in [0.05, 0.1) is 6.10 Å². The van der Waals surface area contributed by atoms with Gasteiger partial charge < -0.3 is 15.3 Å². The Morgan fingerprint density at radius 1 is 1.33 bits per heavy atom. The Labute approximate surface area is 144 Å². The van der Waals surface area contributed by atoms with Gasteiger partial charge in [0, 0.05) is 18.8 Å². The fourth-order valence-electron chi connectivity index (χ4n) is 2.87. The first kappa shape index (κ1) is 18.5. The zero-order valence-electron chi connectivity index (χ0n) is 15.0. The van der Waals surface area contributed by atoms with Crippen LogP contribution in [0, 0.1) is 25.7 Å². The average molecular weight is 332 g/mol. The molecule has 1 aliphatic heterocycles. The third-order valence-electron chi connectivity index (χ3n) is 4.83. The van der Waals surface area contributed by atoms with Gasteiger partial charge in [-0.25, -0.2) is 0 Å². The van der Waals surface area contributed by atoms with Crippen molar-refractivity contribution in [1.82, 2.24) is 5.32 Å². The number of nitrogens with one attached hydrogen (secondary N) is 1. The molecule has 0 bridgehead atoms. The molecule has 2 unspecified atom stereocenters. The lowest BCUT2D eigenvalue weighted by Crippen LogP contribution is -2.38. The highest BCUT2D eigenvalue weighted by Crippen LogP contribution is 2.27. The summed E-state index contributed by atoms with van der Waals surface area (Å²) in [5.74, 6) is -0.833. The van der Waals surface area contributed by atoms with Crippen LogP contribution < -0.4 is 10.2 Å². The van der Waals surface area contributed by atoms with Gasteiger partial charge >= 0.3 is 0 Å². The van der Waals surface area contributed by atoms with Crippen LogP contribution in [0.15, 0.2) is 18.2 Å². The number of carbonyl (C=O) groups is 2. The van der Waals surface area contributed by atoms with Crippen molar-refractivity contribution < 1.29 is 14.7 Å². The minimum absolute atomic E-state index is 0.139. The third-order valence-corrected chi connectivity index (χ3v) is 4.83. The van der Waals surface area contributed by atoms with Gasteiger partial charge in [0.2, 0.25) is 11.8 Å². The van der Waals surface area contributed by atoms with Crippen LogP contribution in [0.25, 0.3) is 0 Å². The molecule has 1 aromatic rings. The first-order valence-corrected chi connectivity index (χ1v) is 8.65. The molecule has 1 saturated heterocycles. The summed E-state index contributed by atoms with van der Waals surface area (Å²) < 4.78 is 0. The second-order valence-electron chi connectivity index (χ2n) is 6.99. The quantitative estimate of drug-likeness (QED) is 0.785. The molecule has 0 spiro atoms. The maximum Gasteiger partial charge on any atom is 0.239 e. The fourth-order valence-corrected chi connectivity index (χ4v) is 2.87. The number of anilines is 1. The van der Waals surface area contributed by atoms with Gasteiger partial charge in [-0.15, -0.1) is 0 Å². The number of nitrogens with zero attached hydrogens (tertiary/aromatic N) is 1. The van der Waals surface area contributed by atoms with Crippen LogP contribution in [-0.2, 0) is 9.59 Å². The van der Waals surface area contributed by atoms with Crippen LogP contribution >= 0.6 is 0 Å². The number of hydrogen-bond acceptors (Lipinski definition) is 3. The second-order valence-corrected chi connectivity index (χ2v) is 6.99. The van der Waals surface area contributed by atoms with Crippen molar-refractivity contribution in [2.24, 2.45) is 11.8 Å². The maximum atomic E-state index is 12.6. The Balaban J connectivity index is 1.93. The van der Waals surface area contributed by atoms with Crippen molar-refractivity contribution in [3.05, 3.63) is 29.3 Å². The molecule has 0 aromatic heterocycles. The van der Waals surface area contributed by atoms with Gasteiger partial charge in [0.25, 0.3) is 0 Å². The van der Waals surface area contributed by atoms with E-state index in [1.807, 2.05) is 45.9 Å². The van der Waals surface area contributed by atoms with Crippen molar-refractivity contribution in [2.75, 3.05) is 18.0 Å².